The molecule has 0 aliphatic rings. The summed E-state index contributed by atoms with van der Waals surface area (Å²) in [5.74, 6) is 0.110. The fourth-order valence-electron chi connectivity index (χ4n) is 1.54. The van der Waals surface area contributed by atoms with Gasteiger partial charge in [0.15, 0.2) is 17.3 Å². The van der Waals surface area contributed by atoms with Gasteiger partial charge < -0.3 is 16.4 Å². The molecule has 0 aliphatic heterocycles. The lowest BCUT2D eigenvalue weighted by atomic mass is 10.2. The minimum Gasteiger partial charge on any atom is -0.380 e. The molecule has 0 bridgehead atoms. The lowest BCUT2D eigenvalue weighted by molar-refractivity contribution is 0.308. The molecule has 2 rings (SSSR count). The molecule has 0 aliphatic carbocycles. The Bertz CT molecular complexity index is 693. The van der Waals surface area contributed by atoms with Crippen LogP contribution in [-0.2, 0) is 0 Å². The molecule has 9 heteroatoms. The lowest BCUT2D eigenvalue weighted by Crippen LogP contribution is -2.15. The monoisotopic (exact) mass is 351 g/mol. The third-order valence-electron chi connectivity index (χ3n) is 2.58. The minimum absolute atomic E-state index is 0.0361. The Morgan fingerprint density at radius 1 is 1.38 bits per heavy atom. The second-order valence-corrected chi connectivity index (χ2v) is 5.19. The fraction of sp³-hybridized carbons (Fsp3) is 0.167. The van der Waals surface area contributed by atoms with Gasteiger partial charge in [-0.2, -0.15) is 5.10 Å². The quantitative estimate of drug-likeness (QED) is 0.485. The zero-order chi connectivity index (χ0) is 15.4. The molecule has 1 heterocycles. The van der Waals surface area contributed by atoms with E-state index in [1.807, 2.05) is 37.2 Å². The zero-order valence-electron chi connectivity index (χ0n) is 11.5. The first-order chi connectivity index (χ1) is 9.99. The molecule has 0 unspecified atom stereocenters. The Balaban J connectivity index is 2.15. The molecule has 21 heavy (non-hydrogen) atoms. The van der Waals surface area contributed by atoms with Crippen LogP contribution in [0.25, 0.3) is 0 Å². The number of amidine groups is 1. The highest BCUT2D eigenvalue weighted by Gasteiger charge is 2.09. The van der Waals surface area contributed by atoms with E-state index >= 15 is 0 Å². The van der Waals surface area contributed by atoms with E-state index in [4.69, 9.17) is 11.5 Å². The number of rotatable bonds is 4. The van der Waals surface area contributed by atoms with Crippen molar-refractivity contribution >= 4 is 39.5 Å². The van der Waals surface area contributed by atoms with Crippen LogP contribution in [0.15, 0.2) is 37.5 Å². The molecule has 0 amide bonds. The van der Waals surface area contributed by atoms with E-state index in [0.717, 1.165) is 15.7 Å². The van der Waals surface area contributed by atoms with Crippen molar-refractivity contribution < 1.29 is 4.63 Å². The lowest BCUT2D eigenvalue weighted by Gasteiger charge is -2.14. The summed E-state index contributed by atoms with van der Waals surface area (Å²) >= 11 is 3.50. The van der Waals surface area contributed by atoms with Crippen LogP contribution in [-0.4, -0.2) is 36.5 Å². The standard InChI is InChI=1S/C12H14BrN7O/c1-20(2)9-4-3-7(5-8(9)13)6-16-17-11(14)10-12(15)19-21-18-10/h3-6H,1-2H3,(H2,14,17)(H2,15,19)/b16-6-. The second kappa shape index (κ2) is 6.35. The van der Waals surface area contributed by atoms with E-state index in [-0.39, 0.29) is 17.3 Å². The summed E-state index contributed by atoms with van der Waals surface area (Å²) in [7, 11) is 3.93. The van der Waals surface area contributed by atoms with E-state index in [1.165, 1.54) is 0 Å². The van der Waals surface area contributed by atoms with Crippen molar-refractivity contribution in [3.63, 3.8) is 0 Å². The maximum absolute atomic E-state index is 5.68. The van der Waals surface area contributed by atoms with Crippen molar-refractivity contribution in [1.82, 2.24) is 10.3 Å². The molecule has 0 fully saturated rings. The van der Waals surface area contributed by atoms with Gasteiger partial charge in [-0.15, -0.1) is 5.10 Å². The van der Waals surface area contributed by atoms with Gasteiger partial charge in [0.25, 0.3) is 0 Å². The van der Waals surface area contributed by atoms with Crippen LogP contribution in [0.4, 0.5) is 11.5 Å². The van der Waals surface area contributed by atoms with Crippen molar-refractivity contribution in [2.45, 2.75) is 0 Å². The summed E-state index contributed by atoms with van der Waals surface area (Å²) in [6.45, 7) is 0. The van der Waals surface area contributed by atoms with Crippen LogP contribution in [0.3, 0.4) is 0 Å². The van der Waals surface area contributed by atoms with Crippen LogP contribution in [0.5, 0.6) is 0 Å². The Morgan fingerprint density at radius 2 is 2.14 bits per heavy atom. The second-order valence-electron chi connectivity index (χ2n) is 4.33. The average Bonchev–Trinajstić information content (AvgIpc) is 2.84. The van der Waals surface area contributed by atoms with Crippen LogP contribution in [0.1, 0.15) is 11.3 Å². The number of anilines is 2. The molecule has 0 radical (unpaired) electrons. The Morgan fingerprint density at radius 3 is 2.71 bits per heavy atom. The third kappa shape index (κ3) is 3.57. The van der Waals surface area contributed by atoms with Crippen LogP contribution < -0.4 is 16.4 Å². The summed E-state index contributed by atoms with van der Waals surface area (Å²) in [6, 6.07) is 5.82. The largest absolute Gasteiger partial charge is 0.380 e. The van der Waals surface area contributed by atoms with E-state index in [9.17, 15) is 0 Å². The Hall–Kier alpha value is -2.42. The molecule has 0 saturated carbocycles. The molecule has 1 aromatic heterocycles. The van der Waals surface area contributed by atoms with E-state index in [2.05, 4.69) is 41.1 Å². The average molecular weight is 352 g/mol. The summed E-state index contributed by atoms with van der Waals surface area (Å²) < 4.78 is 5.39. The molecular weight excluding hydrogens is 338 g/mol. The number of halogens is 1. The molecule has 110 valence electrons. The summed E-state index contributed by atoms with van der Waals surface area (Å²) in [5, 5.41) is 14.6. The van der Waals surface area contributed by atoms with E-state index in [1.54, 1.807) is 6.21 Å². The molecule has 2 aromatic rings. The van der Waals surface area contributed by atoms with E-state index in [0.29, 0.717) is 0 Å². The number of nitrogens with two attached hydrogens (primary N) is 2. The van der Waals surface area contributed by atoms with E-state index < -0.39 is 0 Å². The topological polar surface area (TPSA) is 119 Å². The number of hydrogen-bond donors (Lipinski definition) is 2. The van der Waals surface area contributed by atoms with Crippen LogP contribution in [0, 0.1) is 0 Å². The Kier molecular flexibility index (Phi) is 4.53. The SMILES string of the molecule is CN(C)c1ccc(/C=N\N=C(/N)c2nonc2N)cc1Br. The summed E-state index contributed by atoms with van der Waals surface area (Å²) in [6.07, 6.45) is 1.57. The Labute approximate surface area is 129 Å². The van der Waals surface area contributed by atoms with Crippen molar-refractivity contribution in [3.05, 3.63) is 33.9 Å². The summed E-state index contributed by atoms with van der Waals surface area (Å²) in [5.41, 5.74) is 13.3. The highest BCUT2D eigenvalue weighted by atomic mass is 79.9. The first-order valence-electron chi connectivity index (χ1n) is 5.91. The number of nitrogen functional groups attached to an aromatic ring is 1. The molecular formula is C12H14BrN7O. The zero-order valence-corrected chi connectivity index (χ0v) is 13.1. The van der Waals surface area contributed by atoms with Gasteiger partial charge in [0, 0.05) is 18.6 Å². The summed E-state index contributed by atoms with van der Waals surface area (Å²) in [4.78, 5) is 2.00. The van der Waals surface area contributed by atoms with Gasteiger partial charge in [-0.25, -0.2) is 4.63 Å². The van der Waals surface area contributed by atoms with Gasteiger partial charge in [-0.1, -0.05) is 6.07 Å². The van der Waals surface area contributed by atoms with Gasteiger partial charge in [-0.3, -0.25) is 0 Å². The molecule has 8 nitrogen and oxygen atoms in total. The van der Waals surface area contributed by atoms with Gasteiger partial charge in [0.1, 0.15) is 0 Å². The minimum atomic E-state index is 0.0361. The van der Waals surface area contributed by atoms with Crippen molar-refractivity contribution in [2.75, 3.05) is 24.7 Å². The van der Waals surface area contributed by atoms with Gasteiger partial charge in [-0.05, 0) is 43.9 Å². The van der Waals surface area contributed by atoms with Crippen molar-refractivity contribution in [3.8, 4) is 0 Å². The van der Waals surface area contributed by atoms with Crippen molar-refractivity contribution in [2.24, 2.45) is 15.9 Å². The third-order valence-corrected chi connectivity index (χ3v) is 3.22. The van der Waals surface area contributed by atoms with Gasteiger partial charge >= 0.3 is 0 Å². The van der Waals surface area contributed by atoms with Crippen molar-refractivity contribution in [1.29, 1.82) is 0 Å². The van der Waals surface area contributed by atoms with Crippen LogP contribution in [0.2, 0.25) is 0 Å². The maximum Gasteiger partial charge on any atom is 0.199 e. The fourth-order valence-corrected chi connectivity index (χ4v) is 2.30. The van der Waals surface area contributed by atoms with Crippen LogP contribution >= 0.6 is 15.9 Å². The first-order valence-corrected chi connectivity index (χ1v) is 6.70. The highest BCUT2D eigenvalue weighted by molar-refractivity contribution is 9.10. The number of nitrogens with zero attached hydrogens (tertiary/aromatic N) is 5. The number of aromatic nitrogens is 2. The molecule has 0 atom stereocenters. The van der Waals surface area contributed by atoms with Gasteiger partial charge in [0.05, 0.1) is 11.9 Å². The van der Waals surface area contributed by atoms with Gasteiger partial charge in [0.2, 0.25) is 0 Å². The molecule has 0 saturated heterocycles. The molecule has 1 aromatic carbocycles. The number of hydrogen-bond acceptors (Lipinski definition) is 7. The predicted octanol–water partition coefficient (Wildman–Crippen LogP) is 1.22. The smallest absolute Gasteiger partial charge is 0.199 e. The number of benzene rings is 1. The highest BCUT2D eigenvalue weighted by Crippen LogP contribution is 2.25. The first kappa shape index (κ1) is 15.0. The molecule has 0 spiro atoms. The maximum atomic E-state index is 5.68. The predicted molar refractivity (Wildman–Crippen MR) is 85.5 cm³/mol. The molecule has 4 N–H and O–H groups in total. The normalized spacial score (nSPS) is 12.0.